The molecule has 2 atom stereocenters. The van der Waals surface area contributed by atoms with Crippen molar-refractivity contribution in [2.45, 2.75) is 12.0 Å². The topological polar surface area (TPSA) is 46.2 Å². The van der Waals surface area contributed by atoms with Gasteiger partial charge in [-0.05, 0) is 35.4 Å². The van der Waals surface area contributed by atoms with E-state index in [1.165, 1.54) is 36.4 Å². The molecule has 0 amide bonds. The van der Waals surface area contributed by atoms with E-state index in [2.05, 4.69) is 0 Å². The highest BCUT2D eigenvalue weighted by Gasteiger charge is 2.21. The van der Waals surface area contributed by atoms with Crippen molar-refractivity contribution in [2.24, 2.45) is 5.73 Å². The number of hydrogen-bond donors (Lipinski definition) is 2. The van der Waals surface area contributed by atoms with Crippen molar-refractivity contribution in [3.8, 4) is 0 Å². The molecule has 0 bridgehead atoms. The lowest BCUT2D eigenvalue weighted by Crippen LogP contribution is -2.20. The minimum absolute atomic E-state index is 0.169. The Hall–Kier alpha value is -1.78. The summed E-state index contributed by atoms with van der Waals surface area (Å²) in [5.74, 6) is -1.17. The van der Waals surface area contributed by atoms with Crippen LogP contribution < -0.4 is 5.73 Å². The van der Waals surface area contributed by atoms with Crippen molar-refractivity contribution < 1.29 is 13.9 Å². The van der Waals surface area contributed by atoms with Gasteiger partial charge >= 0.3 is 0 Å². The maximum absolute atomic E-state index is 13.2. The summed E-state index contributed by atoms with van der Waals surface area (Å²) in [6, 6.07) is 11.5. The molecule has 0 aliphatic heterocycles. The van der Waals surface area contributed by atoms with Crippen LogP contribution in [0.4, 0.5) is 8.78 Å². The first-order chi connectivity index (χ1) is 9.11. The number of halogens is 2. The average molecular weight is 263 g/mol. The monoisotopic (exact) mass is 263 g/mol. The SMILES string of the molecule is NCC(c1cccc(F)c1)C(O)c1ccc(F)cc1. The van der Waals surface area contributed by atoms with E-state index >= 15 is 0 Å². The van der Waals surface area contributed by atoms with Gasteiger partial charge in [0.15, 0.2) is 0 Å². The quantitative estimate of drug-likeness (QED) is 0.891. The van der Waals surface area contributed by atoms with Crippen molar-refractivity contribution >= 4 is 0 Å². The summed E-state index contributed by atoms with van der Waals surface area (Å²) >= 11 is 0. The highest BCUT2D eigenvalue weighted by Crippen LogP contribution is 2.30. The summed E-state index contributed by atoms with van der Waals surface area (Å²) in [6.07, 6.45) is -0.896. The average Bonchev–Trinajstić information content (AvgIpc) is 2.40. The Morgan fingerprint density at radius 2 is 1.63 bits per heavy atom. The van der Waals surface area contributed by atoms with Gasteiger partial charge in [-0.1, -0.05) is 24.3 Å². The van der Waals surface area contributed by atoms with Gasteiger partial charge in [-0.2, -0.15) is 0 Å². The predicted molar refractivity (Wildman–Crippen MR) is 69.6 cm³/mol. The van der Waals surface area contributed by atoms with Crippen LogP contribution in [-0.4, -0.2) is 11.7 Å². The maximum Gasteiger partial charge on any atom is 0.123 e. The van der Waals surface area contributed by atoms with Gasteiger partial charge in [-0.25, -0.2) is 8.78 Å². The van der Waals surface area contributed by atoms with Gasteiger partial charge < -0.3 is 10.8 Å². The molecule has 2 aromatic rings. The minimum Gasteiger partial charge on any atom is -0.388 e. The molecule has 0 fully saturated rings. The van der Waals surface area contributed by atoms with Crippen LogP contribution in [0, 0.1) is 11.6 Å². The van der Waals surface area contributed by atoms with E-state index in [-0.39, 0.29) is 18.2 Å². The lowest BCUT2D eigenvalue weighted by atomic mass is 9.89. The van der Waals surface area contributed by atoms with Gasteiger partial charge in [-0.3, -0.25) is 0 Å². The number of nitrogens with two attached hydrogens (primary N) is 1. The molecule has 2 rings (SSSR count). The fraction of sp³-hybridized carbons (Fsp3) is 0.200. The van der Waals surface area contributed by atoms with Gasteiger partial charge in [0, 0.05) is 12.5 Å². The van der Waals surface area contributed by atoms with Crippen molar-refractivity contribution in [2.75, 3.05) is 6.54 Å². The van der Waals surface area contributed by atoms with Crippen molar-refractivity contribution in [3.63, 3.8) is 0 Å². The maximum atomic E-state index is 13.2. The fourth-order valence-electron chi connectivity index (χ4n) is 2.08. The fourth-order valence-corrected chi connectivity index (χ4v) is 2.08. The minimum atomic E-state index is -0.896. The molecule has 2 unspecified atom stereocenters. The number of rotatable bonds is 4. The molecule has 0 heterocycles. The summed E-state index contributed by atoms with van der Waals surface area (Å²) < 4.78 is 26.1. The second kappa shape index (κ2) is 5.91. The predicted octanol–water partition coefficient (Wildman–Crippen LogP) is 2.74. The lowest BCUT2D eigenvalue weighted by Gasteiger charge is -2.22. The zero-order valence-electron chi connectivity index (χ0n) is 10.3. The van der Waals surface area contributed by atoms with E-state index in [0.717, 1.165) is 0 Å². The molecule has 2 nitrogen and oxygen atoms in total. The third-order valence-corrected chi connectivity index (χ3v) is 3.12. The van der Waals surface area contributed by atoms with E-state index < -0.39 is 12.0 Å². The molecular formula is C15H15F2NO. The van der Waals surface area contributed by atoms with Crippen LogP contribution in [0.15, 0.2) is 48.5 Å². The highest BCUT2D eigenvalue weighted by molar-refractivity contribution is 5.27. The molecule has 0 aliphatic carbocycles. The Kier molecular flexibility index (Phi) is 4.24. The van der Waals surface area contributed by atoms with Gasteiger partial charge in [0.05, 0.1) is 6.10 Å². The highest BCUT2D eigenvalue weighted by atomic mass is 19.1. The normalized spacial score (nSPS) is 14.1. The number of hydrogen-bond acceptors (Lipinski definition) is 2. The van der Waals surface area contributed by atoms with E-state index in [0.29, 0.717) is 11.1 Å². The van der Waals surface area contributed by atoms with Crippen LogP contribution in [-0.2, 0) is 0 Å². The summed E-state index contributed by atoms with van der Waals surface area (Å²) in [4.78, 5) is 0. The first kappa shape index (κ1) is 13.6. The Labute approximate surface area is 110 Å². The third kappa shape index (κ3) is 3.16. The first-order valence-corrected chi connectivity index (χ1v) is 6.01. The Bertz CT molecular complexity index is 542. The number of aliphatic hydroxyl groups excluding tert-OH is 1. The van der Waals surface area contributed by atoms with Crippen LogP contribution in [0.2, 0.25) is 0 Å². The molecule has 4 heteroatoms. The molecule has 0 aromatic heterocycles. The van der Waals surface area contributed by atoms with Crippen LogP contribution >= 0.6 is 0 Å². The summed E-state index contributed by atoms with van der Waals surface area (Å²) in [7, 11) is 0. The van der Waals surface area contributed by atoms with E-state index in [9.17, 15) is 13.9 Å². The lowest BCUT2D eigenvalue weighted by molar-refractivity contribution is 0.147. The van der Waals surface area contributed by atoms with Gasteiger partial charge in [0.1, 0.15) is 11.6 Å². The standard InChI is InChI=1S/C15H15F2NO/c16-12-6-4-10(5-7-12)15(19)14(9-18)11-2-1-3-13(17)8-11/h1-8,14-15,19H,9,18H2. The van der Waals surface area contributed by atoms with Crippen LogP contribution in [0.5, 0.6) is 0 Å². The Morgan fingerprint density at radius 1 is 0.947 bits per heavy atom. The Morgan fingerprint density at radius 3 is 2.21 bits per heavy atom. The van der Waals surface area contributed by atoms with Crippen LogP contribution in [0.25, 0.3) is 0 Å². The van der Waals surface area contributed by atoms with Crippen LogP contribution in [0.1, 0.15) is 23.1 Å². The Balaban J connectivity index is 2.28. The van der Waals surface area contributed by atoms with Crippen molar-refractivity contribution in [3.05, 3.63) is 71.3 Å². The zero-order chi connectivity index (χ0) is 13.8. The van der Waals surface area contributed by atoms with Crippen LogP contribution in [0.3, 0.4) is 0 Å². The zero-order valence-corrected chi connectivity index (χ0v) is 10.3. The first-order valence-electron chi connectivity index (χ1n) is 6.01. The molecule has 2 aromatic carbocycles. The summed E-state index contributed by atoms with van der Waals surface area (Å²) in [5, 5.41) is 10.3. The molecule has 19 heavy (non-hydrogen) atoms. The second-order valence-electron chi connectivity index (χ2n) is 4.39. The smallest absolute Gasteiger partial charge is 0.123 e. The molecule has 0 radical (unpaired) electrons. The van der Waals surface area contributed by atoms with Gasteiger partial charge in [0.2, 0.25) is 0 Å². The number of aliphatic hydroxyl groups is 1. The number of benzene rings is 2. The second-order valence-corrected chi connectivity index (χ2v) is 4.39. The molecule has 100 valence electrons. The largest absolute Gasteiger partial charge is 0.388 e. The molecule has 0 saturated carbocycles. The molecule has 3 N–H and O–H groups in total. The van der Waals surface area contributed by atoms with Gasteiger partial charge in [0.25, 0.3) is 0 Å². The molecule has 0 saturated heterocycles. The summed E-state index contributed by atoms with van der Waals surface area (Å²) in [6.45, 7) is 0.169. The van der Waals surface area contributed by atoms with E-state index in [1.54, 1.807) is 12.1 Å². The van der Waals surface area contributed by atoms with E-state index in [4.69, 9.17) is 5.73 Å². The molecular weight excluding hydrogens is 248 g/mol. The molecule has 0 spiro atoms. The summed E-state index contributed by atoms with van der Waals surface area (Å²) in [5.41, 5.74) is 6.85. The van der Waals surface area contributed by atoms with E-state index in [1.807, 2.05) is 0 Å². The van der Waals surface area contributed by atoms with Crippen molar-refractivity contribution in [1.82, 2.24) is 0 Å². The molecule has 0 aliphatic rings. The van der Waals surface area contributed by atoms with Crippen molar-refractivity contribution in [1.29, 1.82) is 0 Å². The third-order valence-electron chi connectivity index (χ3n) is 3.12. The van der Waals surface area contributed by atoms with Gasteiger partial charge in [-0.15, -0.1) is 0 Å².